The number of anilines is 1. The molecule has 2 aromatic rings. The Morgan fingerprint density at radius 2 is 2.07 bits per heavy atom. The van der Waals surface area contributed by atoms with Crippen molar-refractivity contribution in [2.24, 2.45) is 0 Å². The number of carbonyl (C=O) groups excluding carboxylic acids is 1. The molecule has 0 fully saturated rings. The summed E-state index contributed by atoms with van der Waals surface area (Å²) in [4.78, 5) is 33.3. The van der Waals surface area contributed by atoms with Gasteiger partial charge in [-0.1, -0.05) is 11.6 Å². The van der Waals surface area contributed by atoms with Crippen LogP contribution in [0.5, 0.6) is 0 Å². The van der Waals surface area contributed by atoms with E-state index in [4.69, 9.17) is 11.6 Å². The third-order valence-electron chi connectivity index (χ3n) is 4.30. The highest BCUT2D eigenvalue weighted by atomic mass is 35.5. The lowest BCUT2D eigenvalue weighted by Gasteiger charge is -2.28. The number of hydrogen-bond donors (Lipinski definition) is 2. The van der Waals surface area contributed by atoms with E-state index in [-0.39, 0.29) is 36.7 Å². The minimum absolute atomic E-state index is 0.0365. The number of alkyl halides is 3. The number of amides is 1. The first-order valence-corrected chi connectivity index (χ1v) is 8.98. The summed E-state index contributed by atoms with van der Waals surface area (Å²) in [6.45, 7) is 4.01. The molecule has 0 bridgehead atoms. The van der Waals surface area contributed by atoms with E-state index in [0.717, 1.165) is 12.1 Å². The maximum absolute atomic E-state index is 13.1. The molecule has 0 radical (unpaired) electrons. The number of hydrogen-bond acceptors (Lipinski definition) is 4. The lowest BCUT2D eigenvalue weighted by Crippen LogP contribution is -2.39. The van der Waals surface area contributed by atoms with E-state index in [9.17, 15) is 22.8 Å². The molecule has 1 aliphatic rings. The van der Waals surface area contributed by atoms with Gasteiger partial charge in [0.2, 0.25) is 5.95 Å². The second-order valence-corrected chi connectivity index (χ2v) is 7.22. The molecule has 1 aromatic heterocycles. The number of aromatic amines is 1. The molecule has 0 aliphatic carbocycles. The van der Waals surface area contributed by atoms with Gasteiger partial charge < -0.3 is 10.2 Å². The highest BCUT2D eigenvalue weighted by molar-refractivity contribution is 6.31. The summed E-state index contributed by atoms with van der Waals surface area (Å²) >= 11 is 5.61. The molecule has 6 nitrogen and oxygen atoms in total. The SMILES string of the molecule is CC(C)Nc1nc2c(c(=O)[nH]1)CCN(C(=O)c1ccc(Cl)c(C(F)(F)F)c1)C2. The van der Waals surface area contributed by atoms with E-state index in [1.54, 1.807) is 0 Å². The van der Waals surface area contributed by atoms with E-state index in [2.05, 4.69) is 15.3 Å². The maximum Gasteiger partial charge on any atom is 0.417 e. The Balaban J connectivity index is 1.89. The molecule has 2 heterocycles. The number of rotatable bonds is 3. The van der Waals surface area contributed by atoms with Crippen LogP contribution in [0.15, 0.2) is 23.0 Å². The topological polar surface area (TPSA) is 78.1 Å². The van der Waals surface area contributed by atoms with Crippen molar-refractivity contribution >= 4 is 23.5 Å². The average molecular weight is 415 g/mol. The molecule has 0 saturated carbocycles. The average Bonchev–Trinajstić information content (AvgIpc) is 2.59. The number of nitrogens with one attached hydrogen (secondary N) is 2. The van der Waals surface area contributed by atoms with Gasteiger partial charge in [0, 0.05) is 23.7 Å². The molecule has 0 saturated heterocycles. The Labute approximate surface area is 163 Å². The van der Waals surface area contributed by atoms with Crippen LogP contribution < -0.4 is 10.9 Å². The van der Waals surface area contributed by atoms with Crippen LogP contribution in [0.1, 0.15) is 41.0 Å². The van der Waals surface area contributed by atoms with Crippen molar-refractivity contribution in [1.82, 2.24) is 14.9 Å². The quantitative estimate of drug-likeness (QED) is 0.806. The Morgan fingerprint density at radius 1 is 1.36 bits per heavy atom. The van der Waals surface area contributed by atoms with Crippen LogP contribution in [-0.4, -0.2) is 33.4 Å². The van der Waals surface area contributed by atoms with E-state index < -0.39 is 22.7 Å². The van der Waals surface area contributed by atoms with Crippen LogP contribution in [-0.2, 0) is 19.1 Å². The van der Waals surface area contributed by atoms with Crippen LogP contribution in [0.2, 0.25) is 5.02 Å². The van der Waals surface area contributed by atoms with Crippen LogP contribution >= 0.6 is 11.6 Å². The van der Waals surface area contributed by atoms with Gasteiger partial charge in [-0.3, -0.25) is 14.6 Å². The van der Waals surface area contributed by atoms with Gasteiger partial charge in [-0.2, -0.15) is 13.2 Å². The first kappa shape index (κ1) is 20.2. The van der Waals surface area contributed by atoms with E-state index in [1.807, 2.05) is 13.8 Å². The minimum Gasteiger partial charge on any atom is -0.354 e. The summed E-state index contributed by atoms with van der Waals surface area (Å²) in [6, 6.07) is 3.10. The zero-order valence-electron chi connectivity index (χ0n) is 15.2. The maximum atomic E-state index is 13.1. The summed E-state index contributed by atoms with van der Waals surface area (Å²) in [6.07, 6.45) is -4.39. The van der Waals surface area contributed by atoms with Crippen LogP contribution in [0.3, 0.4) is 0 Å². The number of aromatic nitrogens is 2. The summed E-state index contributed by atoms with van der Waals surface area (Å²) in [7, 11) is 0. The molecular formula is C18H18ClF3N4O2. The van der Waals surface area contributed by atoms with Crippen LogP contribution in [0.4, 0.5) is 19.1 Å². The predicted molar refractivity (Wildman–Crippen MR) is 98.5 cm³/mol. The highest BCUT2D eigenvalue weighted by Gasteiger charge is 2.34. The Morgan fingerprint density at radius 3 is 2.71 bits per heavy atom. The van der Waals surface area contributed by atoms with Crippen LogP contribution in [0.25, 0.3) is 0 Å². The molecule has 0 atom stereocenters. The van der Waals surface area contributed by atoms with Gasteiger partial charge in [-0.05, 0) is 38.5 Å². The molecule has 0 spiro atoms. The lowest BCUT2D eigenvalue weighted by molar-refractivity contribution is -0.137. The van der Waals surface area contributed by atoms with Crippen molar-refractivity contribution in [3.8, 4) is 0 Å². The van der Waals surface area contributed by atoms with Gasteiger partial charge in [0.15, 0.2) is 0 Å². The zero-order valence-corrected chi connectivity index (χ0v) is 15.9. The summed E-state index contributed by atoms with van der Waals surface area (Å²) in [5.74, 6) is -0.285. The summed E-state index contributed by atoms with van der Waals surface area (Å²) in [5.41, 5.74) is -0.561. The molecule has 1 aliphatic heterocycles. The molecule has 10 heteroatoms. The lowest BCUT2D eigenvalue weighted by atomic mass is 10.0. The fraction of sp³-hybridized carbons (Fsp3) is 0.389. The van der Waals surface area contributed by atoms with Crippen molar-refractivity contribution < 1.29 is 18.0 Å². The number of carbonyl (C=O) groups is 1. The van der Waals surface area contributed by atoms with Crippen molar-refractivity contribution in [2.75, 3.05) is 11.9 Å². The van der Waals surface area contributed by atoms with Gasteiger partial charge in [0.1, 0.15) is 0 Å². The molecule has 2 N–H and O–H groups in total. The number of halogens is 4. The number of fused-ring (bicyclic) bond motifs is 1. The number of H-pyrrole nitrogens is 1. The van der Waals surface area contributed by atoms with E-state index in [1.165, 1.54) is 11.0 Å². The number of benzene rings is 1. The molecule has 1 aromatic carbocycles. The van der Waals surface area contributed by atoms with Crippen molar-refractivity contribution in [3.05, 3.63) is 56.0 Å². The number of nitrogens with zero attached hydrogens (tertiary/aromatic N) is 2. The summed E-state index contributed by atoms with van der Waals surface area (Å²) < 4.78 is 39.2. The van der Waals surface area contributed by atoms with E-state index >= 15 is 0 Å². The molecular weight excluding hydrogens is 397 g/mol. The van der Waals surface area contributed by atoms with Gasteiger partial charge in [0.05, 0.1) is 22.8 Å². The molecule has 150 valence electrons. The van der Waals surface area contributed by atoms with Crippen molar-refractivity contribution in [2.45, 2.75) is 39.0 Å². The smallest absolute Gasteiger partial charge is 0.354 e. The normalized spacial score (nSPS) is 14.2. The fourth-order valence-corrected chi connectivity index (χ4v) is 3.24. The third-order valence-corrected chi connectivity index (χ3v) is 4.63. The monoisotopic (exact) mass is 414 g/mol. The molecule has 3 rings (SSSR count). The predicted octanol–water partition coefficient (Wildman–Crippen LogP) is 3.46. The largest absolute Gasteiger partial charge is 0.417 e. The van der Waals surface area contributed by atoms with Crippen molar-refractivity contribution in [1.29, 1.82) is 0 Å². The Kier molecular flexibility index (Phi) is 5.38. The van der Waals surface area contributed by atoms with Gasteiger partial charge in [0.25, 0.3) is 11.5 Å². The minimum atomic E-state index is -4.66. The summed E-state index contributed by atoms with van der Waals surface area (Å²) in [5, 5.41) is 2.52. The Hall–Kier alpha value is -2.55. The molecule has 28 heavy (non-hydrogen) atoms. The second-order valence-electron chi connectivity index (χ2n) is 6.81. The van der Waals surface area contributed by atoms with E-state index in [0.29, 0.717) is 17.2 Å². The zero-order chi connectivity index (χ0) is 20.6. The first-order chi connectivity index (χ1) is 13.1. The van der Waals surface area contributed by atoms with Gasteiger partial charge in [-0.25, -0.2) is 4.98 Å². The van der Waals surface area contributed by atoms with Crippen molar-refractivity contribution in [3.63, 3.8) is 0 Å². The standard InChI is InChI=1S/C18H18ClF3N4O2/c1-9(2)23-17-24-14-8-26(6-5-11(14)15(27)25-17)16(28)10-3-4-13(19)12(7-10)18(20,21)22/h3-4,7,9H,5-6,8H2,1-2H3,(H2,23,24,25,27). The molecule has 1 amide bonds. The van der Waals surface area contributed by atoms with Gasteiger partial charge >= 0.3 is 6.18 Å². The van der Waals surface area contributed by atoms with Crippen LogP contribution in [0, 0.1) is 0 Å². The van der Waals surface area contributed by atoms with Gasteiger partial charge in [-0.15, -0.1) is 0 Å². The fourth-order valence-electron chi connectivity index (χ4n) is 3.01. The Bertz CT molecular complexity index is 972. The highest BCUT2D eigenvalue weighted by Crippen LogP contribution is 2.35. The molecule has 0 unspecified atom stereocenters. The third kappa shape index (κ3) is 4.14. The second kappa shape index (κ2) is 7.46. The first-order valence-electron chi connectivity index (χ1n) is 8.61.